The van der Waals surface area contributed by atoms with E-state index in [2.05, 4.69) is 43.6 Å². The average molecular weight is 510 g/mol. The van der Waals surface area contributed by atoms with Crippen molar-refractivity contribution in [2.24, 2.45) is 52.3 Å². The summed E-state index contributed by atoms with van der Waals surface area (Å²) in [4.78, 5) is 14.3. The molecule has 0 bridgehead atoms. The number of ether oxygens (including phenoxy) is 2. The molecule has 180 valence electrons. The van der Waals surface area contributed by atoms with Crippen LogP contribution in [0.25, 0.3) is 0 Å². The van der Waals surface area contributed by atoms with Gasteiger partial charge in [-0.15, -0.1) is 0 Å². The molecule has 4 nitrogen and oxygen atoms in total. The summed E-state index contributed by atoms with van der Waals surface area (Å²) in [5.41, 5.74) is -0.0701. The van der Waals surface area contributed by atoms with Crippen LogP contribution < -0.4 is 0 Å². The highest BCUT2D eigenvalue weighted by molar-refractivity contribution is 9.09. The normalized spacial score (nSPS) is 61.8. The second-order valence-corrected chi connectivity index (χ2v) is 14.1. The van der Waals surface area contributed by atoms with Gasteiger partial charge >= 0.3 is 0 Å². The molecule has 32 heavy (non-hydrogen) atoms. The Bertz CT molecular complexity index is 803. The summed E-state index contributed by atoms with van der Waals surface area (Å²) in [6.07, 6.45) is 8.17. The number of fused-ring (bicyclic) bond motifs is 7. The molecule has 0 aromatic rings. The lowest BCUT2D eigenvalue weighted by Crippen LogP contribution is -2.59. The van der Waals surface area contributed by atoms with Gasteiger partial charge in [0.2, 0.25) is 0 Å². The van der Waals surface area contributed by atoms with Gasteiger partial charge in [-0.3, -0.25) is 4.79 Å². The van der Waals surface area contributed by atoms with Gasteiger partial charge in [0, 0.05) is 23.7 Å². The van der Waals surface area contributed by atoms with Gasteiger partial charge in [0.15, 0.2) is 5.79 Å². The van der Waals surface area contributed by atoms with E-state index in [0.717, 1.165) is 45.1 Å². The minimum absolute atomic E-state index is 0.134. The fourth-order valence-corrected chi connectivity index (χ4v) is 11.3. The maximum absolute atomic E-state index is 14.1. The van der Waals surface area contributed by atoms with Crippen LogP contribution in [0.15, 0.2) is 0 Å². The topological polar surface area (TPSA) is 55.8 Å². The Balaban J connectivity index is 1.31. The Hall–Kier alpha value is 0.0300. The van der Waals surface area contributed by atoms with Crippen molar-refractivity contribution in [2.45, 2.75) is 102 Å². The van der Waals surface area contributed by atoms with E-state index in [9.17, 15) is 9.90 Å². The monoisotopic (exact) mass is 508 g/mol. The second-order valence-electron chi connectivity index (χ2n) is 13.0. The lowest BCUT2D eigenvalue weighted by Gasteiger charge is -2.60. The van der Waals surface area contributed by atoms with Crippen LogP contribution in [0.1, 0.15) is 79.1 Å². The van der Waals surface area contributed by atoms with Crippen molar-refractivity contribution >= 4 is 21.7 Å². The van der Waals surface area contributed by atoms with Crippen LogP contribution in [-0.4, -0.2) is 40.3 Å². The van der Waals surface area contributed by atoms with E-state index in [1.807, 2.05) is 0 Å². The zero-order valence-electron chi connectivity index (χ0n) is 20.2. The fourth-order valence-electron chi connectivity index (χ4n) is 10.0. The summed E-state index contributed by atoms with van der Waals surface area (Å²) in [5, 5.41) is 10.3. The molecule has 0 aromatic heterocycles. The third-order valence-corrected chi connectivity index (χ3v) is 12.8. The molecule has 6 rings (SSSR count). The van der Waals surface area contributed by atoms with Crippen LogP contribution in [-0.2, 0) is 14.3 Å². The molecule has 13 atom stereocenters. The minimum Gasteiger partial charge on any atom is -0.393 e. The average Bonchev–Trinajstić information content (AvgIpc) is 3.19. The molecule has 1 N–H and O–H groups in total. The summed E-state index contributed by atoms with van der Waals surface area (Å²) in [6.45, 7) is 10.0. The molecule has 1 spiro atoms. The summed E-state index contributed by atoms with van der Waals surface area (Å²) in [6, 6.07) is 0. The number of Topliss-reactive ketones (excluding diaryl/α,β-unsaturated/α-hetero) is 1. The van der Waals surface area contributed by atoms with Gasteiger partial charge in [-0.2, -0.15) is 0 Å². The van der Waals surface area contributed by atoms with Crippen molar-refractivity contribution in [3.8, 4) is 0 Å². The smallest absolute Gasteiger partial charge is 0.184 e. The van der Waals surface area contributed by atoms with E-state index in [0.29, 0.717) is 35.4 Å². The number of rotatable bonds is 0. The zero-order chi connectivity index (χ0) is 22.6. The van der Waals surface area contributed by atoms with Gasteiger partial charge in [0.25, 0.3) is 0 Å². The molecule has 5 heteroatoms. The molecule has 2 saturated heterocycles. The lowest BCUT2D eigenvalue weighted by molar-refractivity contribution is -0.267. The van der Waals surface area contributed by atoms with Gasteiger partial charge in [-0.05, 0) is 80.0 Å². The highest BCUT2D eigenvalue weighted by atomic mass is 79.9. The maximum Gasteiger partial charge on any atom is 0.184 e. The fraction of sp³-hybridized carbons (Fsp3) is 0.963. The molecule has 0 amide bonds. The van der Waals surface area contributed by atoms with Crippen molar-refractivity contribution < 1.29 is 19.4 Å². The van der Waals surface area contributed by atoms with Gasteiger partial charge in [-0.1, -0.05) is 43.6 Å². The van der Waals surface area contributed by atoms with E-state index < -0.39 is 5.79 Å². The van der Waals surface area contributed by atoms with E-state index in [1.54, 1.807) is 0 Å². The van der Waals surface area contributed by atoms with Crippen LogP contribution in [0.5, 0.6) is 0 Å². The van der Waals surface area contributed by atoms with E-state index in [-0.39, 0.29) is 39.7 Å². The van der Waals surface area contributed by atoms with Gasteiger partial charge in [0.05, 0.1) is 23.6 Å². The van der Waals surface area contributed by atoms with Crippen LogP contribution in [0.3, 0.4) is 0 Å². The number of alkyl halides is 1. The lowest BCUT2D eigenvalue weighted by atomic mass is 9.44. The summed E-state index contributed by atoms with van der Waals surface area (Å²) < 4.78 is 13.3. The predicted molar refractivity (Wildman–Crippen MR) is 126 cm³/mol. The number of hydrogen-bond acceptors (Lipinski definition) is 4. The van der Waals surface area contributed by atoms with Crippen molar-refractivity contribution in [3.63, 3.8) is 0 Å². The molecular weight excluding hydrogens is 468 g/mol. The van der Waals surface area contributed by atoms with Crippen LogP contribution >= 0.6 is 15.9 Å². The summed E-state index contributed by atoms with van der Waals surface area (Å²) in [5.74, 6) is 3.05. The molecule has 0 radical (unpaired) electrons. The Morgan fingerprint density at radius 3 is 2.59 bits per heavy atom. The molecule has 2 aliphatic heterocycles. The first-order valence-electron chi connectivity index (χ1n) is 13.3. The number of ketones is 1. The molecule has 2 heterocycles. The van der Waals surface area contributed by atoms with Crippen molar-refractivity contribution in [2.75, 3.05) is 6.61 Å². The molecule has 1 unspecified atom stereocenters. The van der Waals surface area contributed by atoms with Crippen molar-refractivity contribution in [1.82, 2.24) is 0 Å². The standard InChI is InChI=1S/C27H41BrO4/c1-14-9-22(28)27(31-13-14)15(2)24-21(32-27)11-20-18-6-5-16-10-17(29)7-8-25(16,3)19(18)12-23(30)26(20,24)4/h14-22,24,29H,5-13H2,1-4H3/t14-,15+,16+,17+,18-,19+,20+,21+,22?,24+,25+,26-,27+/m1/s1. The molecule has 0 aromatic carbocycles. The van der Waals surface area contributed by atoms with Gasteiger partial charge in [-0.25, -0.2) is 0 Å². The summed E-state index contributed by atoms with van der Waals surface area (Å²) in [7, 11) is 0. The Morgan fingerprint density at radius 1 is 1.06 bits per heavy atom. The highest BCUT2D eigenvalue weighted by Gasteiger charge is 2.72. The number of carbonyl (C=O) groups excluding carboxylic acids is 1. The van der Waals surface area contributed by atoms with Gasteiger partial charge < -0.3 is 14.6 Å². The van der Waals surface area contributed by atoms with Crippen LogP contribution in [0, 0.1) is 52.3 Å². The molecule has 6 fully saturated rings. The third-order valence-electron chi connectivity index (χ3n) is 11.7. The molecule has 6 aliphatic rings. The number of aliphatic hydroxyl groups is 1. The first-order chi connectivity index (χ1) is 15.1. The third kappa shape index (κ3) is 2.74. The number of aliphatic hydroxyl groups excluding tert-OH is 1. The first kappa shape index (κ1) is 22.5. The van der Waals surface area contributed by atoms with Gasteiger partial charge in [0.1, 0.15) is 5.78 Å². The molecular formula is C27H41BrO4. The predicted octanol–water partition coefficient (Wildman–Crippen LogP) is 5.35. The SMILES string of the molecule is C[C@H]1CO[C@@]2(O[C@H]3C[C@H]4[C@@H]5CC[C@H]6C[C@@H](O)CC[C@]6(C)[C@H]5CC(=O)[C@]4(C)[C@H]3[C@@H]2C)C(Br)C1. The molecule has 4 saturated carbocycles. The zero-order valence-corrected chi connectivity index (χ0v) is 21.8. The minimum atomic E-state index is -0.573. The number of carbonyl (C=O) groups is 1. The Labute approximate surface area is 201 Å². The van der Waals surface area contributed by atoms with Crippen LogP contribution in [0.2, 0.25) is 0 Å². The Morgan fingerprint density at radius 2 is 1.84 bits per heavy atom. The maximum atomic E-state index is 14.1. The molecule has 4 aliphatic carbocycles. The summed E-state index contributed by atoms with van der Waals surface area (Å²) >= 11 is 3.93. The van der Waals surface area contributed by atoms with E-state index in [1.165, 1.54) is 12.8 Å². The Kier molecular flexibility index (Phi) is 5.11. The number of hydrogen-bond donors (Lipinski definition) is 1. The second kappa shape index (κ2) is 7.27. The first-order valence-corrected chi connectivity index (χ1v) is 14.2. The number of halogens is 1. The van der Waals surface area contributed by atoms with E-state index >= 15 is 0 Å². The van der Waals surface area contributed by atoms with Crippen molar-refractivity contribution in [3.05, 3.63) is 0 Å². The quantitative estimate of drug-likeness (QED) is 0.448. The largest absolute Gasteiger partial charge is 0.393 e. The van der Waals surface area contributed by atoms with Crippen LogP contribution in [0.4, 0.5) is 0 Å². The van der Waals surface area contributed by atoms with E-state index in [4.69, 9.17) is 9.47 Å². The van der Waals surface area contributed by atoms with Crippen molar-refractivity contribution in [1.29, 1.82) is 0 Å². The highest BCUT2D eigenvalue weighted by Crippen LogP contribution is 2.70.